The lowest BCUT2D eigenvalue weighted by Crippen LogP contribution is -2.55. The molecule has 1 aromatic heterocycles. The van der Waals surface area contributed by atoms with Crippen molar-refractivity contribution in [3.8, 4) is 17.0 Å². The molecule has 48 heavy (non-hydrogen) atoms. The zero-order valence-electron chi connectivity index (χ0n) is 28.5. The molecule has 1 N–H and O–H groups in total. The quantitative estimate of drug-likeness (QED) is 0.177. The molecule has 0 saturated carbocycles. The van der Waals surface area contributed by atoms with Gasteiger partial charge in [-0.25, -0.2) is 22.5 Å². The van der Waals surface area contributed by atoms with Crippen LogP contribution < -0.4 is 19.9 Å². The highest BCUT2D eigenvalue weighted by molar-refractivity contribution is 6.76. The number of nitrogens with one attached hydrogen (secondary N) is 1. The highest BCUT2D eigenvalue weighted by Gasteiger charge is 2.30. The number of likely N-dealkylation sites (N-methyl/N-ethyl adjacent to an activating group) is 1. The molecule has 2 aromatic carbocycles. The number of alkyl halides is 2. The number of carbonyl (C=O) groups is 1. The molecular formula is C35H45F4N5O3Si. The van der Waals surface area contributed by atoms with Gasteiger partial charge in [0.2, 0.25) is 5.88 Å². The van der Waals surface area contributed by atoms with Gasteiger partial charge in [-0.3, -0.25) is 9.69 Å². The molecular weight excluding hydrogens is 642 g/mol. The normalized spacial score (nSPS) is 19.1. The molecule has 5 rings (SSSR count). The Balaban J connectivity index is 1.50. The zero-order chi connectivity index (χ0) is 34.7. The Morgan fingerprint density at radius 2 is 1.69 bits per heavy atom. The fraction of sp³-hybridized carbons (Fsp3) is 0.486. The lowest BCUT2D eigenvalue weighted by atomic mass is 10.0. The van der Waals surface area contributed by atoms with Gasteiger partial charge in [0.05, 0.1) is 42.4 Å². The van der Waals surface area contributed by atoms with Gasteiger partial charge in [0.25, 0.3) is 12.3 Å². The third-order valence-electron chi connectivity index (χ3n) is 9.14. The second-order valence-corrected chi connectivity index (χ2v) is 19.5. The first-order chi connectivity index (χ1) is 22.7. The Morgan fingerprint density at radius 3 is 2.31 bits per heavy atom. The third kappa shape index (κ3) is 8.30. The van der Waals surface area contributed by atoms with Crippen molar-refractivity contribution in [3.05, 3.63) is 65.4 Å². The minimum atomic E-state index is -2.97. The van der Waals surface area contributed by atoms with E-state index in [0.717, 1.165) is 18.3 Å². The number of benzene rings is 2. The number of morpholine rings is 1. The van der Waals surface area contributed by atoms with Crippen LogP contribution in [0.3, 0.4) is 0 Å². The molecule has 260 valence electrons. The van der Waals surface area contributed by atoms with E-state index in [9.17, 15) is 13.6 Å². The molecule has 2 fully saturated rings. The summed E-state index contributed by atoms with van der Waals surface area (Å²) in [5.74, 6) is -1.91. The summed E-state index contributed by atoms with van der Waals surface area (Å²) in [5, 5.41) is 2.77. The first-order valence-corrected chi connectivity index (χ1v) is 20.1. The molecule has 8 nitrogen and oxygen atoms in total. The molecule has 3 aromatic rings. The number of rotatable bonds is 10. The Hall–Kier alpha value is -3.68. The van der Waals surface area contributed by atoms with Crippen molar-refractivity contribution in [1.29, 1.82) is 0 Å². The first-order valence-electron chi connectivity index (χ1n) is 16.4. The maximum absolute atomic E-state index is 16.0. The van der Waals surface area contributed by atoms with Gasteiger partial charge < -0.3 is 24.6 Å². The van der Waals surface area contributed by atoms with Gasteiger partial charge in [0.1, 0.15) is 11.6 Å². The van der Waals surface area contributed by atoms with Crippen molar-refractivity contribution >= 4 is 31.0 Å². The van der Waals surface area contributed by atoms with Gasteiger partial charge in [0.15, 0.2) is 0 Å². The van der Waals surface area contributed by atoms with E-state index in [1.54, 1.807) is 12.1 Å². The maximum atomic E-state index is 16.0. The summed E-state index contributed by atoms with van der Waals surface area (Å²) in [6.45, 7) is 14.1. The number of anilines is 3. The van der Waals surface area contributed by atoms with Crippen LogP contribution in [0.5, 0.6) is 5.88 Å². The third-order valence-corrected chi connectivity index (χ3v) is 10.8. The molecule has 2 saturated heterocycles. The van der Waals surface area contributed by atoms with Crippen LogP contribution in [0.2, 0.25) is 25.7 Å². The van der Waals surface area contributed by atoms with Gasteiger partial charge in [-0.2, -0.15) is 0 Å². The van der Waals surface area contributed by atoms with Crippen molar-refractivity contribution in [2.24, 2.45) is 0 Å². The topological polar surface area (TPSA) is 70.2 Å². The molecule has 0 unspecified atom stereocenters. The molecule has 0 bridgehead atoms. The minimum absolute atomic E-state index is 0.0211. The number of halogens is 4. The average molecular weight is 688 g/mol. The van der Waals surface area contributed by atoms with Crippen molar-refractivity contribution in [1.82, 2.24) is 9.88 Å². The number of ether oxygens (including phenoxy) is 2. The van der Waals surface area contributed by atoms with E-state index in [0.29, 0.717) is 57.4 Å². The number of amides is 1. The van der Waals surface area contributed by atoms with Crippen LogP contribution in [0.25, 0.3) is 11.1 Å². The zero-order valence-corrected chi connectivity index (χ0v) is 29.5. The summed E-state index contributed by atoms with van der Waals surface area (Å²) >= 11 is 0. The van der Waals surface area contributed by atoms with Crippen LogP contribution in [0.4, 0.5) is 34.6 Å². The summed E-state index contributed by atoms with van der Waals surface area (Å²) in [6.07, 6.45) is -1.88. The van der Waals surface area contributed by atoms with Gasteiger partial charge in [-0.1, -0.05) is 25.7 Å². The van der Waals surface area contributed by atoms with E-state index in [4.69, 9.17) is 9.47 Å². The second-order valence-electron chi connectivity index (χ2n) is 13.9. The SMILES string of the molecule is C[C@@H]1CN(c2cc(F)c(-c3ccc(N4CCOCC4)c(F)c3)cc2NC(=O)c2cnc(OCC[Si](C)(C)C)cc2C(F)F)C[C@H](C)N1C. The van der Waals surface area contributed by atoms with Crippen molar-refractivity contribution in [2.45, 2.75) is 58.0 Å². The molecule has 2 atom stereocenters. The second kappa shape index (κ2) is 14.8. The molecule has 2 aliphatic rings. The lowest BCUT2D eigenvalue weighted by molar-refractivity contribution is 0.101. The molecule has 13 heteroatoms. The maximum Gasteiger partial charge on any atom is 0.264 e. The van der Waals surface area contributed by atoms with E-state index in [1.807, 2.05) is 16.8 Å². The highest BCUT2D eigenvalue weighted by Crippen LogP contribution is 2.38. The predicted octanol–water partition coefficient (Wildman–Crippen LogP) is 7.30. The number of nitrogens with zero attached hydrogens (tertiary/aromatic N) is 4. The van der Waals surface area contributed by atoms with E-state index in [2.05, 4.69) is 48.7 Å². The summed E-state index contributed by atoms with van der Waals surface area (Å²) in [6, 6.07) is 9.44. The number of carbonyl (C=O) groups excluding carboxylic acids is 1. The molecule has 0 radical (unpaired) electrons. The van der Waals surface area contributed by atoms with Crippen LogP contribution >= 0.6 is 0 Å². The largest absolute Gasteiger partial charge is 0.478 e. The van der Waals surface area contributed by atoms with Crippen molar-refractivity contribution in [3.63, 3.8) is 0 Å². The Bertz CT molecular complexity index is 1600. The van der Waals surface area contributed by atoms with Crippen molar-refractivity contribution < 1.29 is 31.8 Å². The molecule has 0 spiro atoms. The number of pyridine rings is 1. The summed E-state index contributed by atoms with van der Waals surface area (Å²) in [7, 11) is 0.595. The monoisotopic (exact) mass is 687 g/mol. The Morgan fingerprint density at radius 1 is 1.00 bits per heavy atom. The van der Waals surface area contributed by atoms with E-state index in [-0.39, 0.29) is 40.3 Å². The number of aromatic nitrogens is 1. The summed E-state index contributed by atoms with van der Waals surface area (Å²) in [4.78, 5) is 23.9. The van der Waals surface area contributed by atoms with Gasteiger partial charge in [0, 0.05) is 69.7 Å². The van der Waals surface area contributed by atoms with Crippen LogP contribution in [0, 0.1) is 11.6 Å². The summed E-state index contributed by atoms with van der Waals surface area (Å²) in [5.41, 5.74) is 0.521. The number of hydrogen-bond donors (Lipinski definition) is 1. The first kappa shape index (κ1) is 35.6. The molecule has 3 heterocycles. The fourth-order valence-electron chi connectivity index (χ4n) is 6.03. The standard InChI is InChI=1S/C35H45F4N5O3Si/c1-22-20-44(21-23(2)42(22)3)32-18-28(36)25(24-7-8-31(29(37)15-24)43-9-11-46-12-10-43)16-30(32)41-35(45)27-19-40-33(17-26(27)34(38)39)47-13-14-48(4,5)6/h7-8,15-19,22-23,34H,9-14,20-21H2,1-6H3,(H,41,45)/t22-,23+. The van der Waals surface area contributed by atoms with Crippen molar-refractivity contribution in [2.75, 3.05) is 68.2 Å². The van der Waals surface area contributed by atoms with Crippen LogP contribution in [-0.2, 0) is 4.74 Å². The number of piperazine rings is 1. The lowest BCUT2D eigenvalue weighted by Gasteiger charge is -2.44. The van der Waals surface area contributed by atoms with Gasteiger partial charge in [-0.05, 0) is 56.8 Å². The van der Waals surface area contributed by atoms with E-state index in [1.165, 1.54) is 18.2 Å². The highest BCUT2D eigenvalue weighted by atomic mass is 28.3. The number of hydrogen-bond acceptors (Lipinski definition) is 7. The Labute approximate surface area is 281 Å². The van der Waals surface area contributed by atoms with Crippen LogP contribution in [0.1, 0.15) is 36.2 Å². The van der Waals surface area contributed by atoms with Crippen LogP contribution in [-0.4, -0.2) is 89.0 Å². The van der Waals surface area contributed by atoms with E-state index < -0.39 is 37.6 Å². The minimum Gasteiger partial charge on any atom is -0.478 e. The molecule has 0 aliphatic carbocycles. The smallest absolute Gasteiger partial charge is 0.264 e. The van der Waals surface area contributed by atoms with E-state index >= 15 is 8.78 Å². The molecule has 1 amide bonds. The average Bonchev–Trinajstić information content (AvgIpc) is 3.03. The van der Waals surface area contributed by atoms with Gasteiger partial charge >= 0.3 is 0 Å². The van der Waals surface area contributed by atoms with Crippen LogP contribution in [0.15, 0.2) is 42.6 Å². The fourth-order valence-corrected chi connectivity index (χ4v) is 6.75. The summed E-state index contributed by atoms with van der Waals surface area (Å²) < 4.78 is 71.0. The van der Waals surface area contributed by atoms with Gasteiger partial charge in [-0.15, -0.1) is 0 Å². The Kier molecular flexibility index (Phi) is 11.0. The predicted molar refractivity (Wildman–Crippen MR) is 185 cm³/mol. The molecule has 2 aliphatic heterocycles.